The van der Waals surface area contributed by atoms with E-state index in [0.29, 0.717) is 6.42 Å². The highest BCUT2D eigenvalue weighted by Crippen LogP contribution is 2.18. The number of carbonyl (C=O) groups excluding carboxylic acids is 1. The van der Waals surface area contributed by atoms with Crippen molar-refractivity contribution < 1.29 is 9.90 Å². The third-order valence-corrected chi connectivity index (χ3v) is 3.25. The lowest BCUT2D eigenvalue weighted by Crippen LogP contribution is -2.47. The Labute approximate surface area is 97.8 Å². The van der Waals surface area contributed by atoms with Gasteiger partial charge in [0.15, 0.2) is 0 Å². The molecule has 4 heteroatoms. The van der Waals surface area contributed by atoms with Gasteiger partial charge in [-0.2, -0.15) is 0 Å². The topological polar surface area (TPSA) is 66.6 Å². The van der Waals surface area contributed by atoms with Crippen molar-refractivity contribution in [2.45, 2.75) is 57.5 Å². The van der Waals surface area contributed by atoms with Crippen LogP contribution in [-0.2, 0) is 4.79 Å². The largest absolute Gasteiger partial charge is 0.394 e. The Morgan fingerprint density at radius 1 is 1.56 bits per heavy atom. The summed E-state index contributed by atoms with van der Waals surface area (Å²) in [6.45, 7) is 2.93. The molecule has 1 saturated heterocycles. The summed E-state index contributed by atoms with van der Waals surface area (Å²) in [5.74, 6) is 0.111. The molecule has 0 bridgehead atoms. The Bertz CT molecular complexity index is 221. The van der Waals surface area contributed by atoms with Gasteiger partial charge in [-0.3, -0.25) is 4.79 Å². The monoisotopic (exact) mass is 228 g/mol. The van der Waals surface area contributed by atoms with Crippen LogP contribution in [0.4, 0.5) is 0 Å². The number of nitrogens with two attached hydrogens (primary N) is 1. The van der Waals surface area contributed by atoms with Crippen LogP contribution in [0.5, 0.6) is 0 Å². The molecule has 3 N–H and O–H groups in total. The van der Waals surface area contributed by atoms with Crippen molar-refractivity contribution in [3.05, 3.63) is 0 Å². The van der Waals surface area contributed by atoms with Crippen LogP contribution in [0.15, 0.2) is 0 Å². The Morgan fingerprint density at radius 3 is 2.94 bits per heavy atom. The Balaban J connectivity index is 2.44. The van der Waals surface area contributed by atoms with Gasteiger partial charge >= 0.3 is 0 Å². The fourth-order valence-corrected chi connectivity index (χ4v) is 2.33. The molecule has 0 spiro atoms. The number of carbonyl (C=O) groups is 1. The van der Waals surface area contributed by atoms with Gasteiger partial charge in [0.1, 0.15) is 0 Å². The van der Waals surface area contributed by atoms with Gasteiger partial charge in [0.05, 0.1) is 12.6 Å². The van der Waals surface area contributed by atoms with Gasteiger partial charge in [0.2, 0.25) is 5.91 Å². The molecule has 1 heterocycles. The van der Waals surface area contributed by atoms with Gasteiger partial charge in [0.25, 0.3) is 0 Å². The lowest BCUT2D eigenvalue weighted by molar-refractivity contribution is -0.136. The first-order valence-corrected chi connectivity index (χ1v) is 6.35. The summed E-state index contributed by atoms with van der Waals surface area (Å²) in [6.07, 6.45) is 5.40. The summed E-state index contributed by atoms with van der Waals surface area (Å²) >= 11 is 0. The highest BCUT2D eigenvalue weighted by molar-refractivity contribution is 5.77. The van der Waals surface area contributed by atoms with E-state index in [-0.39, 0.29) is 24.6 Å². The molecule has 1 aliphatic heterocycles. The second kappa shape index (κ2) is 6.86. The van der Waals surface area contributed by atoms with Crippen molar-refractivity contribution in [3.8, 4) is 0 Å². The van der Waals surface area contributed by atoms with E-state index in [1.54, 1.807) is 0 Å². The molecule has 0 radical (unpaired) electrons. The van der Waals surface area contributed by atoms with Gasteiger partial charge in [-0.1, -0.05) is 13.3 Å². The summed E-state index contributed by atoms with van der Waals surface area (Å²) in [4.78, 5) is 13.8. The number of hydrogen-bond acceptors (Lipinski definition) is 3. The standard InChI is InChI=1S/C12H24N2O2/c1-2-5-10(13)8-12(16)14-7-4-3-6-11(14)9-15/h10-11,15H,2-9,13H2,1H3. The molecule has 1 fully saturated rings. The van der Waals surface area contributed by atoms with Gasteiger partial charge in [-0.15, -0.1) is 0 Å². The number of piperidine rings is 1. The van der Waals surface area contributed by atoms with E-state index in [4.69, 9.17) is 5.73 Å². The minimum Gasteiger partial charge on any atom is -0.394 e. The second-order valence-corrected chi connectivity index (χ2v) is 4.67. The minimum atomic E-state index is -0.0289. The summed E-state index contributed by atoms with van der Waals surface area (Å²) in [7, 11) is 0. The minimum absolute atomic E-state index is 0.0232. The van der Waals surface area contributed by atoms with Crippen LogP contribution in [0.3, 0.4) is 0 Å². The summed E-state index contributed by atoms with van der Waals surface area (Å²) in [6, 6.07) is -0.00570. The van der Waals surface area contributed by atoms with Crippen molar-refractivity contribution in [1.29, 1.82) is 0 Å². The van der Waals surface area contributed by atoms with Crippen molar-refractivity contribution in [2.75, 3.05) is 13.2 Å². The average molecular weight is 228 g/mol. The van der Waals surface area contributed by atoms with Gasteiger partial charge in [-0.05, 0) is 25.7 Å². The SMILES string of the molecule is CCCC(N)CC(=O)N1CCCCC1CO. The van der Waals surface area contributed by atoms with E-state index in [9.17, 15) is 9.90 Å². The molecule has 1 rings (SSSR count). The molecule has 1 amide bonds. The molecule has 16 heavy (non-hydrogen) atoms. The second-order valence-electron chi connectivity index (χ2n) is 4.67. The van der Waals surface area contributed by atoms with Crippen molar-refractivity contribution in [1.82, 2.24) is 4.90 Å². The van der Waals surface area contributed by atoms with Gasteiger partial charge in [-0.25, -0.2) is 0 Å². The van der Waals surface area contributed by atoms with Crippen LogP contribution in [-0.4, -0.2) is 41.1 Å². The number of aliphatic hydroxyl groups excluding tert-OH is 1. The molecule has 0 aromatic heterocycles. The molecule has 94 valence electrons. The summed E-state index contributed by atoms with van der Waals surface area (Å²) in [5.41, 5.74) is 5.87. The number of aliphatic hydroxyl groups is 1. The van der Waals surface area contributed by atoms with Gasteiger partial charge < -0.3 is 15.7 Å². The van der Waals surface area contributed by atoms with E-state index in [1.165, 1.54) is 0 Å². The molecular weight excluding hydrogens is 204 g/mol. The fraction of sp³-hybridized carbons (Fsp3) is 0.917. The van der Waals surface area contributed by atoms with Crippen LogP contribution in [0.1, 0.15) is 45.4 Å². The zero-order chi connectivity index (χ0) is 12.0. The first kappa shape index (κ1) is 13.5. The Kier molecular flexibility index (Phi) is 5.77. The lowest BCUT2D eigenvalue weighted by atomic mass is 10.0. The third-order valence-electron chi connectivity index (χ3n) is 3.25. The molecule has 0 aliphatic carbocycles. The van der Waals surface area contributed by atoms with Crippen LogP contribution < -0.4 is 5.73 Å². The molecule has 1 aliphatic rings. The number of nitrogens with zero attached hydrogens (tertiary/aromatic N) is 1. The zero-order valence-electron chi connectivity index (χ0n) is 10.2. The Morgan fingerprint density at radius 2 is 2.31 bits per heavy atom. The maximum Gasteiger partial charge on any atom is 0.224 e. The van der Waals surface area contributed by atoms with E-state index in [1.807, 2.05) is 4.90 Å². The average Bonchev–Trinajstić information content (AvgIpc) is 2.29. The molecule has 0 aromatic rings. The molecular formula is C12H24N2O2. The predicted octanol–water partition coefficient (Wildman–Crippen LogP) is 0.877. The molecule has 2 unspecified atom stereocenters. The van der Waals surface area contributed by atoms with E-state index in [0.717, 1.165) is 38.6 Å². The quantitative estimate of drug-likeness (QED) is 0.734. The fourth-order valence-electron chi connectivity index (χ4n) is 2.33. The number of likely N-dealkylation sites (tertiary alicyclic amines) is 1. The number of hydrogen-bond donors (Lipinski definition) is 2. The lowest BCUT2D eigenvalue weighted by Gasteiger charge is -2.35. The first-order chi connectivity index (χ1) is 7.69. The Hall–Kier alpha value is -0.610. The van der Waals surface area contributed by atoms with E-state index < -0.39 is 0 Å². The molecule has 4 nitrogen and oxygen atoms in total. The highest BCUT2D eigenvalue weighted by atomic mass is 16.3. The third kappa shape index (κ3) is 3.76. The van der Waals surface area contributed by atoms with Crippen molar-refractivity contribution >= 4 is 5.91 Å². The predicted molar refractivity (Wildman–Crippen MR) is 63.9 cm³/mol. The number of rotatable bonds is 5. The van der Waals surface area contributed by atoms with Crippen LogP contribution in [0.25, 0.3) is 0 Å². The van der Waals surface area contributed by atoms with Crippen molar-refractivity contribution in [3.63, 3.8) is 0 Å². The maximum absolute atomic E-state index is 12.0. The van der Waals surface area contributed by atoms with Crippen molar-refractivity contribution in [2.24, 2.45) is 5.73 Å². The molecule has 2 atom stereocenters. The molecule has 0 aromatic carbocycles. The summed E-state index contributed by atoms with van der Waals surface area (Å²) in [5, 5.41) is 9.22. The highest BCUT2D eigenvalue weighted by Gasteiger charge is 2.26. The number of amides is 1. The molecule has 0 saturated carbocycles. The van der Waals surface area contributed by atoms with Crippen LogP contribution in [0, 0.1) is 0 Å². The van der Waals surface area contributed by atoms with Gasteiger partial charge in [0, 0.05) is 19.0 Å². The zero-order valence-corrected chi connectivity index (χ0v) is 10.2. The van der Waals surface area contributed by atoms with E-state index >= 15 is 0 Å². The summed E-state index contributed by atoms with van der Waals surface area (Å²) < 4.78 is 0. The van der Waals surface area contributed by atoms with Crippen LogP contribution >= 0.6 is 0 Å². The maximum atomic E-state index is 12.0. The normalized spacial score (nSPS) is 23.2. The smallest absolute Gasteiger partial charge is 0.224 e. The first-order valence-electron chi connectivity index (χ1n) is 6.35. The van der Waals surface area contributed by atoms with E-state index in [2.05, 4.69) is 6.92 Å². The van der Waals surface area contributed by atoms with Crippen LogP contribution in [0.2, 0.25) is 0 Å².